The number of aliphatic hydroxyl groups is 6. The number of ether oxygens (including phenoxy) is 4. The van der Waals surface area contributed by atoms with Crippen molar-refractivity contribution in [3.8, 4) is 5.75 Å². The number of rotatable bonds is 7. The number of fused-ring (bicyclic) bond motifs is 1. The predicted octanol–water partition coefficient (Wildman–Crippen LogP) is -1.93. The monoisotopic (exact) mass is 538 g/mol. The molecule has 2 fully saturated rings. The number of hydrogen-bond acceptors (Lipinski definition) is 13. The normalized spacial score (nSPS) is 40.8. The number of benzene rings is 1. The highest BCUT2D eigenvalue weighted by Gasteiger charge is 2.68. The average molecular weight is 539 g/mol. The van der Waals surface area contributed by atoms with Crippen molar-refractivity contribution < 1.29 is 64.3 Å². The molecule has 0 bridgehead atoms. The number of carbonyl (C=O) groups excluding carboxylic acids is 2. The Balaban J connectivity index is 1.55. The van der Waals surface area contributed by atoms with Crippen LogP contribution in [0.3, 0.4) is 0 Å². The fraction of sp³-hybridized carbons (Fsp3) is 0.520. The van der Waals surface area contributed by atoms with Gasteiger partial charge in [0.2, 0.25) is 6.29 Å². The number of esters is 1. The summed E-state index contributed by atoms with van der Waals surface area (Å²) < 4.78 is 21.8. The van der Waals surface area contributed by atoms with Crippen LogP contribution in [0.4, 0.5) is 0 Å². The summed E-state index contributed by atoms with van der Waals surface area (Å²) in [6, 6.07) is 5.97. The first kappa shape index (κ1) is 28.1. The van der Waals surface area contributed by atoms with Gasteiger partial charge >= 0.3 is 5.97 Å². The van der Waals surface area contributed by atoms with Gasteiger partial charge in [-0.25, -0.2) is 4.79 Å². The number of phenols is 1. The van der Waals surface area contributed by atoms with Gasteiger partial charge in [0.1, 0.15) is 47.5 Å². The van der Waals surface area contributed by atoms with Crippen LogP contribution in [-0.2, 0) is 28.5 Å². The van der Waals surface area contributed by atoms with Crippen molar-refractivity contribution in [1.29, 1.82) is 0 Å². The number of aliphatic hydroxyl groups excluding tert-OH is 4. The third-order valence-corrected chi connectivity index (χ3v) is 7.20. The Labute approximate surface area is 216 Å². The Morgan fingerprint density at radius 1 is 1.11 bits per heavy atom. The summed E-state index contributed by atoms with van der Waals surface area (Å²) in [5.74, 6) is -2.27. The minimum atomic E-state index is -2.09. The molecule has 4 rings (SSSR count). The van der Waals surface area contributed by atoms with Gasteiger partial charge in [-0.2, -0.15) is 0 Å². The molecule has 13 nitrogen and oxygen atoms in total. The number of carbonyl (C=O) groups is 2. The van der Waals surface area contributed by atoms with Crippen LogP contribution in [0.5, 0.6) is 5.75 Å². The van der Waals surface area contributed by atoms with Gasteiger partial charge in [-0.1, -0.05) is 12.1 Å². The van der Waals surface area contributed by atoms with Crippen LogP contribution in [0, 0.1) is 5.92 Å². The van der Waals surface area contributed by atoms with Crippen LogP contribution in [0.15, 0.2) is 42.2 Å². The molecule has 1 saturated heterocycles. The third-order valence-electron chi connectivity index (χ3n) is 7.20. The molecule has 3 aliphatic rings. The number of hydrogen-bond donors (Lipinski definition) is 7. The molecule has 13 heteroatoms. The van der Waals surface area contributed by atoms with Gasteiger partial charge in [0.25, 0.3) is 0 Å². The molecule has 0 radical (unpaired) electrons. The SMILES string of the molecule is C[C@]1(O)[C@@H](OC(=O)C=Cc2ccc(O)cc2)C[C@]2(O)C(C=O)=CO[C@@H](O[C@@H]3O[C@H](CO)[C@@H](O)[C@H](O)[C@H]3O)[C@H]12. The van der Waals surface area contributed by atoms with E-state index in [1.54, 1.807) is 12.1 Å². The molecule has 2 aliphatic heterocycles. The minimum Gasteiger partial charge on any atom is -0.508 e. The predicted molar refractivity (Wildman–Crippen MR) is 125 cm³/mol. The van der Waals surface area contributed by atoms with E-state index in [1.807, 2.05) is 0 Å². The minimum absolute atomic E-state index is 0.0457. The summed E-state index contributed by atoms with van der Waals surface area (Å²) in [5.41, 5.74) is -3.81. The van der Waals surface area contributed by atoms with Crippen molar-refractivity contribution in [2.75, 3.05) is 6.61 Å². The van der Waals surface area contributed by atoms with Crippen molar-refractivity contribution in [3.63, 3.8) is 0 Å². The van der Waals surface area contributed by atoms with Crippen LogP contribution in [0.1, 0.15) is 18.9 Å². The van der Waals surface area contributed by atoms with E-state index < -0.39 is 79.2 Å². The summed E-state index contributed by atoms with van der Waals surface area (Å²) in [4.78, 5) is 24.3. The molecule has 1 aromatic carbocycles. The Morgan fingerprint density at radius 2 is 1.79 bits per heavy atom. The Bertz CT molecular complexity index is 1080. The van der Waals surface area contributed by atoms with E-state index in [0.29, 0.717) is 11.8 Å². The fourth-order valence-corrected chi connectivity index (χ4v) is 5.06. The van der Waals surface area contributed by atoms with Gasteiger partial charge in [0.05, 0.1) is 24.4 Å². The molecular weight excluding hydrogens is 508 g/mol. The smallest absolute Gasteiger partial charge is 0.331 e. The second-order valence-corrected chi connectivity index (χ2v) is 9.71. The molecule has 1 saturated carbocycles. The lowest BCUT2D eigenvalue weighted by Gasteiger charge is -2.46. The Kier molecular flexibility index (Phi) is 7.93. The quantitative estimate of drug-likeness (QED) is 0.115. The maximum atomic E-state index is 12.5. The maximum absolute atomic E-state index is 12.5. The highest BCUT2D eigenvalue weighted by atomic mass is 16.8. The molecule has 208 valence electrons. The second-order valence-electron chi connectivity index (χ2n) is 9.71. The summed E-state index contributed by atoms with van der Waals surface area (Å²) in [5, 5.41) is 72.1. The lowest BCUT2D eigenvalue weighted by Crippen LogP contribution is -2.62. The lowest BCUT2D eigenvalue weighted by molar-refractivity contribution is -0.352. The summed E-state index contributed by atoms with van der Waals surface area (Å²) in [6.45, 7) is 0.532. The topological polar surface area (TPSA) is 213 Å². The van der Waals surface area contributed by atoms with Gasteiger partial charge in [-0.05, 0) is 30.7 Å². The zero-order valence-electron chi connectivity index (χ0n) is 20.2. The van der Waals surface area contributed by atoms with Gasteiger partial charge in [0, 0.05) is 12.5 Å². The molecule has 1 aliphatic carbocycles. The molecule has 2 heterocycles. The zero-order valence-corrected chi connectivity index (χ0v) is 20.2. The van der Waals surface area contributed by atoms with Crippen molar-refractivity contribution in [2.45, 2.75) is 67.6 Å². The molecule has 1 aromatic rings. The first-order chi connectivity index (χ1) is 17.9. The van der Waals surface area contributed by atoms with E-state index >= 15 is 0 Å². The van der Waals surface area contributed by atoms with Gasteiger partial charge in [0.15, 0.2) is 12.6 Å². The van der Waals surface area contributed by atoms with Crippen LogP contribution < -0.4 is 0 Å². The van der Waals surface area contributed by atoms with Gasteiger partial charge in [-0.15, -0.1) is 0 Å². The summed E-state index contributed by atoms with van der Waals surface area (Å²) in [7, 11) is 0. The van der Waals surface area contributed by atoms with Crippen molar-refractivity contribution >= 4 is 18.3 Å². The van der Waals surface area contributed by atoms with Crippen molar-refractivity contribution in [2.24, 2.45) is 5.92 Å². The standard InChI is InChI=1S/C25H30O13/c1-24(33)16(37-17(29)7-4-12-2-5-14(28)6-3-12)8-25(34)13(9-26)11-35-23(21(24)25)38-22-20(32)19(31)18(30)15(10-27)36-22/h2-7,9,11,15-16,18-23,27-28,30-34H,8,10H2,1H3/t15-,16+,18-,19+,20-,21-,22+,23+,24+,25+/m1/s1. The van der Waals surface area contributed by atoms with E-state index in [-0.39, 0.29) is 11.3 Å². The van der Waals surface area contributed by atoms with Gasteiger partial charge in [-0.3, -0.25) is 4.79 Å². The number of phenolic OH excluding ortho intramolecular Hbond substituents is 1. The van der Waals surface area contributed by atoms with Crippen LogP contribution in [0.2, 0.25) is 0 Å². The van der Waals surface area contributed by atoms with E-state index in [4.69, 9.17) is 18.9 Å². The van der Waals surface area contributed by atoms with Crippen molar-refractivity contribution in [1.82, 2.24) is 0 Å². The highest BCUT2D eigenvalue weighted by Crippen LogP contribution is 2.52. The Morgan fingerprint density at radius 3 is 2.42 bits per heavy atom. The van der Waals surface area contributed by atoms with E-state index in [0.717, 1.165) is 12.3 Å². The molecule has 0 unspecified atom stereocenters. The van der Waals surface area contributed by atoms with E-state index in [2.05, 4.69) is 0 Å². The summed E-state index contributed by atoms with van der Waals surface area (Å²) >= 11 is 0. The second kappa shape index (κ2) is 10.7. The maximum Gasteiger partial charge on any atom is 0.331 e. The lowest BCUT2D eigenvalue weighted by atomic mass is 9.78. The van der Waals surface area contributed by atoms with Crippen molar-refractivity contribution in [3.05, 3.63) is 47.7 Å². The van der Waals surface area contributed by atoms with E-state index in [1.165, 1.54) is 25.1 Å². The highest BCUT2D eigenvalue weighted by molar-refractivity contribution is 5.87. The first-order valence-corrected chi connectivity index (χ1v) is 11.8. The fourth-order valence-electron chi connectivity index (χ4n) is 5.06. The Hall–Kier alpha value is -2.88. The number of aromatic hydroxyl groups is 1. The largest absolute Gasteiger partial charge is 0.508 e. The summed E-state index contributed by atoms with van der Waals surface area (Å²) in [6.07, 6.45) is -7.78. The molecule has 0 amide bonds. The third kappa shape index (κ3) is 5.07. The van der Waals surface area contributed by atoms with Crippen LogP contribution in [-0.4, -0.2) is 109 Å². The number of aldehydes is 1. The molecule has 10 atom stereocenters. The van der Waals surface area contributed by atoms with E-state index in [9.17, 15) is 45.3 Å². The zero-order chi connectivity index (χ0) is 27.8. The molecule has 0 spiro atoms. The molecule has 7 N–H and O–H groups in total. The van der Waals surface area contributed by atoms with Crippen LogP contribution in [0.25, 0.3) is 6.08 Å². The van der Waals surface area contributed by atoms with Crippen LogP contribution >= 0.6 is 0 Å². The molecule has 38 heavy (non-hydrogen) atoms. The average Bonchev–Trinajstić information content (AvgIpc) is 3.09. The molecular formula is C25H30O13. The molecule has 0 aromatic heterocycles. The first-order valence-electron chi connectivity index (χ1n) is 11.8. The van der Waals surface area contributed by atoms with Gasteiger partial charge < -0.3 is 54.7 Å².